The topological polar surface area (TPSA) is 75.8 Å². The minimum absolute atomic E-state index is 0.00348. The molecule has 0 bridgehead atoms. The molecule has 1 heterocycles. The number of carbonyl (C=O) groups is 1. The minimum atomic E-state index is -0.841. The zero-order chi connectivity index (χ0) is 16.0. The van der Waals surface area contributed by atoms with Crippen LogP contribution in [0.4, 0.5) is 5.69 Å². The summed E-state index contributed by atoms with van der Waals surface area (Å²) in [6.07, 6.45) is 0. The zero-order valence-electron chi connectivity index (χ0n) is 12.9. The van der Waals surface area contributed by atoms with Gasteiger partial charge in [0.2, 0.25) is 5.91 Å². The number of nitro groups is 1. The number of amidine groups is 1. The SMILES string of the molecule is CC1=N[C@](C)(c2cccc([N+](=O)[O-])c2)C(C)(C)C(=O)N1C. The van der Waals surface area contributed by atoms with Gasteiger partial charge in [0, 0.05) is 19.2 Å². The molecule has 1 atom stereocenters. The molecule has 1 aliphatic rings. The van der Waals surface area contributed by atoms with Crippen molar-refractivity contribution in [3.63, 3.8) is 0 Å². The Balaban J connectivity index is 2.67. The molecule has 6 nitrogen and oxygen atoms in total. The van der Waals surface area contributed by atoms with Gasteiger partial charge in [0.05, 0.1) is 15.9 Å². The Morgan fingerprint density at radius 1 is 1.29 bits per heavy atom. The Labute approximate surface area is 123 Å². The second-order valence-electron chi connectivity index (χ2n) is 6.03. The molecule has 0 aliphatic carbocycles. The zero-order valence-corrected chi connectivity index (χ0v) is 12.9. The van der Waals surface area contributed by atoms with E-state index < -0.39 is 15.9 Å². The van der Waals surface area contributed by atoms with Crippen LogP contribution >= 0.6 is 0 Å². The van der Waals surface area contributed by atoms with Crippen LogP contribution in [0.15, 0.2) is 29.3 Å². The summed E-state index contributed by atoms with van der Waals surface area (Å²) in [5.41, 5.74) is -0.963. The quantitative estimate of drug-likeness (QED) is 0.620. The number of nitrogens with zero attached hydrogens (tertiary/aromatic N) is 3. The van der Waals surface area contributed by atoms with Gasteiger partial charge in [-0.1, -0.05) is 12.1 Å². The fourth-order valence-electron chi connectivity index (χ4n) is 2.66. The highest BCUT2D eigenvalue weighted by Crippen LogP contribution is 2.47. The van der Waals surface area contributed by atoms with Gasteiger partial charge in [-0.25, -0.2) is 0 Å². The number of nitro benzene ring substituents is 1. The number of aliphatic imine (C=N–C) groups is 1. The first-order valence-electron chi connectivity index (χ1n) is 6.71. The van der Waals surface area contributed by atoms with E-state index in [1.165, 1.54) is 17.0 Å². The van der Waals surface area contributed by atoms with Gasteiger partial charge >= 0.3 is 0 Å². The van der Waals surface area contributed by atoms with Crippen LogP contribution in [0.1, 0.15) is 33.3 Å². The van der Waals surface area contributed by atoms with Crippen molar-refractivity contribution in [1.29, 1.82) is 0 Å². The van der Waals surface area contributed by atoms with Gasteiger partial charge in [0.25, 0.3) is 5.69 Å². The van der Waals surface area contributed by atoms with Crippen LogP contribution < -0.4 is 0 Å². The first kappa shape index (κ1) is 15.2. The predicted octanol–water partition coefficient (Wildman–Crippen LogP) is 2.73. The Kier molecular flexibility index (Phi) is 3.35. The molecule has 0 saturated carbocycles. The van der Waals surface area contributed by atoms with Crippen molar-refractivity contribution in [2.45, 2.75) is 33.2 Å². The number of benzene rings is 1. The second-order valence-corrected chi connectivity index (χ2v) is 6.03. The molecule has 0 N–H and O–H groups in total. The maximum atomic E-state index is 12.6. The molecule has 0 saturated heterocycles. The number of hydrogen-bond donors (Lipinski definition) is 0. The van der Waals surface area contributed by atoms with Gasteiger partial charge in [-0.05, 0) is 33.3 Å². The lowest BCUT2D eigenvalue weighted by molar-refractivity contribution is -0.385. The summed E-state index contributed by atoms with van der Waals surface area (Å²) in [6, 6.07) is 6.34. The molecule has 0 unspecified atom stereocenters. The van der Waals surface area contributed by atoms with E-state index in [2.05, 4.69) is 4.99 Å². The van der Waals surface area contributed by atoms with E-state index in [1.54, 1.807) is 26.1 Å². The second kappa shape index (κ2) is 4.65. The first-order valence-corrected chi connectivity index (χ1v) is 6.71. The Hall–Kier alpha value is -2.24. The van der Waals surface area contributed by atoms with Crippen molar-refractivity contribution in [2.75, 3.05) is 7.05 Å². The molecule has 0 fully saturated rings. The number of hydrogen-bond acceptors (Lipinski definition) is 4. The van der Waals surface area contributed by atoms with E-state index in [9.17, 15) is 14.9 Å². The smallest absolute Gasteiger partial charge is 0.269 e. The highest BCUT2D eigenvalue weighted by molar-refractivity contribution is 6.02. The standard InChI is InChI=1S/C15H19N3O3/c1-10-16-15(4,14(2,3)13(19)17(10)5)11-7-6-8-12(9-11)18(20)21/h6-9H,1-5H3/t15-/m1/s1. The van der Waals surface area contributed by atoms with E-state index in [0.717, 1.165) is 0 Å². The van der Waals surface area contributed by atoms with Crippen molar-refractivity contribution in [3.05, 3.63) is 39.9 Å². The molecule has 1 aliphatic heterocycles. The van der Waals surface area contributed by atoms with E-state index >= 15 is 0 Å². The van der Waals surface area contributed by atoms with Crippen molar-refractivity contribution in [3.8, 4) is 0 Å². The van der Waals surface area contributed by atoms with Crippen LogP contribution in [0.25, 0.3) is 0 Å². The predicted molar refractivity (Wildman–Crippen MR) is 80.1 cm³/mol. The molecular formula is C15H19N3O3. The number of carbonyl (C=O) groups excluding carboxylic acids is 1. The molecule has 1 amide bonds. The molecule has 2 rings (SSSR count). The van der Waals surface area contributed by atoms with Gasteiger partial charge < -0.3 is 4.90 Å². The lowest BCUT2D eigenvalue weighted by Crippen LogP contribution is -2.55. The maximum absolute atomic E-state index is 12.6. The fraction of sp³-hybridized carbons (Fsp3) is 0.467. The fourth-order valence-corrected chi connectivity index (χ4v) is 2.66. The summed E-state index contributed by atoms with van der Waals surface area (Å²) in [5, 5.41) is 11.0. The van der Waals surface area contributed by atoms with Crippen molar-refractivity contribution >= 4 is 17.4 Å². The van der Waals surface area contributed by atoms with E-state index in [0.29, 0.717) is 11.4 Å². The van der Waals surface area contributed by atoms with Gasteiger partial charge in [0.15, 0.2) is 0 Å². The van der Waals surface area contributed by atoms with E-state index in [1.807, 2.05) is 20.8 Å². The van der Waals surface area contributed by atoms with E-state index in [-0.39, 0.29) is 11.6 Å². The largest absolute Gasteiger partial charge is 0.303 e. The molecule has 6 heteroatoms. The van der Waals surface area contributed by atoms with Crippen LogP contribution in [0.5, 0.6) is 0 Å². The molecule has 0 radical (unpaired) electrons. The molecule has 1 aromatic carbocycles. The molecular weight excluding hydrogens is 270 g/mol. The molecule has 112 valence electrons. The number of amides is 1. The van der Waals surface area contributed by atoms with Crippen LogP contribution in [0.3, 0.4) is 0 Å². The third-order valence-corrected chi connectivity index (χ3v) is 4.55. The molecule has 0 aromatic heterocycles. The molecule has 21 heavy (non-hydrogen) atoms. The van der Waals surface area contributed by atoms with Crippen molar-refractivity contribution in [2.24, 2.45) is 10.4 Å². The average Bonchev–Trinajstić information content (AvgIpc) is 2.43. The first-order chi connectivity index (χ1) is 9.61. The Bertz CT molecular complexity index is 651. The third kappa shape index (κ3) is 2.11. The monoisotopic (exact) mass is 289 g/mol. The van der Waals surface area contributed by atoms with Crippen LogP contribution in [-0.4, -0.2) is 28.6 Å². The molecule has 1 aromatic rings. The average molecular weight is 289 g/mol. The van der Waals surface area contributed by atoms with Crippen molar-refractivity contribution < 1.29 is 9.72 Å². The number of rotatable bonds is 2. The van der Waals surface area contributed by atoms with Crippen LogP contribution in [0.2, 0.25) is 0 Å². The third-order valence-electron chi connectivity index (χ3n) is 4.55. The Morgan fingerprint density at radius 2 is 1.90 bits per heavy atom. The van der Waals surface area contributed by atoms with Crippen LogP contribution in [-0.2, 0) is 10.3 Å². The summed E-state index contributed by atoms with van der Waals surface area (Å²) in [7, 11) is 1.69. The van der Waals surface area contributed by atoms with Gasteiger partial charge in [-0.3, -0.25) is 19.9 Å². The summed E-state index contributed by atoms with van der Waals surface area (Å²) in [5.74, 6) is 0.553. The van der Waals surface area contributed by atoms with Gasteiger partial charge in [0.1, 0.15) is 5.84 Å². The van der Waals surface area contributed by atoms with Gasteiger partial charge in [-0.2, -0.15) is 0 Å². The Morgan fingerprint density at radius 3 is 2.48 bits per heavy atom. The van der Waals surface area contributed by atoms with Crippen LogP contribution in [0, 0.1) is 15.5 Å². The normalized spacial score (nSPS) is 24.7. The minimum Gasteiger partial charge on any atom is -0.303 e. The summed E-state index contributed by atoms with van der Waals surface area (Å²) >= 11 is 0. The highest BCUT2D eigenvalue weighted by atomic mass is 16.6. The highest BCUT2D eigenvalue weighted by Gasteiger charge is 2.52. The van der Waals surface area contributed by atoms with Crippen molar-refractivity contribution in [1.82, 2.24) is 4.90 Å². The lowest BCUT2D eigenvalue weighted by atomic mass is 9.67. The lowest BCUT2D eigenvalue weighted by Gasteiger charge is -2.46. The van der Waals surface area contributed by atoms with Gasteiger partial charge in [-0.15, -0.1) is 0 Å². The summed E-state index contributed by atoms with van der Waals surface area (Å²) in [6.45, 7) is 7.25. The van der Waals surface area contributed by atoms with E-state index in [4.69, 9.17) is 0 Å². The molecule has 0 spiro atoms. The maximum Gasteiger partial charge on any atom is 0.269 e. The summed E-state index contributed by atoms with van der Waals surface area (Å²) < 4.78 is 0. The summed E-state index contributed by atoms with van der Waals surface area (Å²) in [4.78, 5) is 29.3. The number of non-ortho nitro benzene ring substituents is 1.